The number of carbonyl (C=O) groups is 4. The number of hydrogen-bond acceptors (Lipinski definition) is 8. The molecule has 12 heteroatoms. The van der Waals surface area contributed by atoms with E-state index in [1.54, 1.807) is 13.2 Å². The standard InChI is InChI=1S/C30H44N4O8/c1-30(2,3)18-24(28(37)33-23(29(38)40-5)16-19-8-7-11-31-26(19)35)34-27(36)22-17-20-21(32-22)9-6-10-25(20)42-15-14-41-13-12-39-4/h6,9-10,17,19,23-24,32H,7-8,11-16,18H2,1-5H3,(H,31,35)(H,33,37)(H,34,36)/t19-,23?,24?/m0/s1. The molecule has 0 radical (unpaired) electrons. The van der Waals surface area contributed by atoms with Crippen molar-refractivity contribution in [2.75, 3.05) is 47.2 Å². The minimum absolute atomic E-state index is 0.114. The van der Waals surface area contributed by atoms with Crippen molar-refractivity contribution in [2.45, 2.75) is 58.5 Å². The molecular formula is C30H44N4O8. The zero-order valence-electron chi connectivity index (χ0n) is 25.2. The average Bonchev–Trinajstić information content (AvgIpc) is 3.39. The van der Waals surface area contributed by atoms with Crippen LogP contribution in [0.25, 0.3) is 10.9 Å². The van der Waals surface area contributed by atoms with Crippen LogP contribution in [0, 0.1) is 11.3 Å². The van der Waals surface area contributed by atoms with Crippen LogP contribution in [-0.2, 0) is 28.6 Å². The van der Waals surface area contributed by atoms with Crippen molar-refractivity contribution in [3.63, 3.8) is 0 Å². The molecule has 12 nitrogen and oxygen atoms in total. The number of H-pyrrole nitrogens is 1. The van der Waals surface area contributed by atoms with Crippen LogP contribution < -0.4 is 20.7 Å². The zero-order valence-corrected chi connectivity index (χ0v) is 25.2. The fraction of sp³-hybridized carbons (Fsp3) is 0.600. The lowest BCUT2D eigenvalue weighted by Gasteiger charge is -2.29. The number of methoxy groups -OCH3 is 2. The summed E-state index contributed by atoms with van der Waals surface area (Å²) in [4.78, 5) is 54.8. The van der Waals surface area contributed by atoms with E-state index in [1.807, 2.05) is 39.0 Å². The molecule has 1 saturated heterocycles. The SMILES string of the molecule is COCCOCCOc1cccc2[nH]c(C(=O)NC(CC(C)(C)C)C(=O)NC(C[C@@H]3CCCNC3=O)C(=O)OC)cc12. The number of amides is 3. The Labute approximate surface area is 246 Å². The van der Waals surface area contributed by atoms with Gasteiger partial charge in [-0.15, -0.1) is 0 Å². The number of benzene rings is 1. The molecular weight excluding hydrogens is 544 g/mol. The van der Waals surface area contributed by atoms with E-state index in [0.717, 1.165) is 6.42 Å². The molecule has 232 valence electrons. The Morgan fingerprint density at radius 2 is 1.81 bits per heavy atom. The first-order valence-electron chi connectivity index (χ1n) is 14.3. The lowest BCUT2D eigenvalue weighted by molar-refractivity contribution is -0.146. The number of rotatable bonds is 15. The van der Waals surface area contributed by atoms with Gasteiger partial charge in [0, 0.05) is 30.5 Å². The predicted octanol–water partition coefficient (Wildman–Crippen LogP) is 2.32. The highest BCUT2D eigenvalue weighted by molar-refractivity contribution is 6.01. The van der Waals surface area contributed by atoms with Crippen LogP contribution in [0.5, 0.6) is 5.75 Å². The Bertz CT molecular complexity index is 1220. The molecule has 42 heavy (non-hydrogen) atoms. The maximum atomic E-state index is 13.5. The smallest absolute Gasteiger partial charge is 0.328 e. The van der Waals surface area contributed by atoms with Crippen molar-refractivity contribution >= 4 is 34.6 Å². The normalized spacial score (nSPS) is 16.8. The van der Waals surface area contributed by atoms with Gasteiger partial charge in [0.25, 0.3) is 5.91 Å². The Kier molecular flexibility index (Phi) is 12.2. The number of hydrogen-bond donors (Lipinski definition) is 4. The van der Waals surface area contributed by atoms with Crippen LogP contribution in [0.1, 0.15) is 56.9 Å². The molecule has 0 bridgehead atoms. The van der Waals surface area contributed by atoms with E-state index in [9.17, 15) is 19.2 Å². The second kappa shape index (κ2) is 15.5. The van der Waals surface area contributed by atoms with Crippen molar-refractivity contribution in [3.8, 4) is 5.75 Å². The van der Waals surface area contributed by atoms with Gasteiger partial charge < -0.3 is 39.9 Å². The largest absolute Gasteiger partial charge is 0.490 e. The highest BCUT2D eigenvalue weighted by Crippen LogP contribution is 2.27. The molecule has 0 aliphatic carbocycles. The van der Waals surface area contributed by atoms with Gasteiger partial charge in [0.15, 0.2) is 0 Å². The van der Waals surface area contributed by atoms with Gasteiger partial charge in [-0.3, -0.25) is 14.4 Å². The topological polar surface area (TPSA) is 157 Å². The Balaban J connectivity index is 1.72. The molecule has 1 aliphatic heterocycles. The fourth-order valence-corrected chi connectivity index (χ4v) is 4.86. The summed E-state index contributed by atoms with van der Waals surface area (Å²) in [5, 5.41) is 9.08. The van der Waals surface area contributed by atoms with Crippen LogP contribution in [-0.4, -0.2) is 88.0 Å². The first kappa shape index (κ1) is 32.9. The van der Waals surface area contributed by atoms with Crippen molar-refractivity contribution in [3.05, 3.63) is 30.0 Å². The molecule has 2 heterocycles. The minimum Gasteiger partial charge on any atom is -0.490 e. The van der Waals surface area contributed by atoms with Gasteiger partial charge in [-0.05, 0) is 49.3 Å². The third-order valence-corrected chi connectivity index (χ3v) is 6.95. The molecule has 2 unspecified atom stereocenters. The van der Waals surface area contributed by atoms with E-state index >= 15 is 0 Å². The summed E-state index contributed by atoms with van der Waals surface area (Å²) in [6, 6.07) is 5.16. The lowest BCUT2D eigenvalue weighted by Crippen LogP contribution is -2.54. The van der Waals surface area contributed by atoms with Gasteiger partial charge in [-0.2, -0.15) is 0 Å². The number of fused-ring (bicyclic) bond motifs is 1. The molecule has 1 aromatic heterocycles. The first-order valence-corrected chi connectivity index (χ1v) is 14.3. The Hall–Kier alpha value is -3.64. The maximum Gasteiger partial charge on any atom is 0.328 e. The van der Waals surface area contributed by atoms with Gasteiger partial charge in [0.1, 0.15) is 30.1 Å². The summed E-state index contributed by atoms with van der Waals surface area (Å²) in [6.07, 6.45) is 1.83. The molecule has 3 amide bonds. The van der Waals surface area contributed by atoms with Crippen molar-refractivity contribution < 1.29 is 38.1 Å². The van der Waals surface area contributed by atoms with Gasteiger partial charge in [-0.1, -0.05) is 26.8 Å². The summed E-state index contributed by atoms with van der Waals surface area (Å²) in [7, 11) is 2.84. The van der Waals surface area contributed by atoms with E-state index in [2.05, 4.69) is 20.9 Å². The molecule has 2 aromatic rings. The second-order valence-electron chi connectivity index (χ2n) is 11.6. The predicted molar refractivity (Wildman–Crippen MR) is 156 cm³/mol. The van der Waals surface area contributed by atoms with Crippen LogP contribution in [0.15, 0.2) is 24.3 Å². The molecule has 1 aliphatic rings. The van der Waals surface area contributed by atoms with Gasteiger partial charge in [0.2, 0.25) is 11.8 Å². The number of aromatic nitrogens is 1. The van der Waals surface area contributed by atoms with Gasteiger partial charge in [0.05, 0.1) is 26.9 Å². The molecule has 4 N–H and O–H groups in total. The lowest BCUT2D eigenvalue weighted by atomic mass is 9.87. The number of esters is 1. The summed E-state index contributed by atoms with van der Waals surface area (Å²) in [6.45, 7) is 8.14. The number of aromatic amines is 1. The highest BCUT2D eigenvalue weighted by atomic mass is 16.5. The first-order chi connectivity index (χ1) is 20.0. The summed E-state index contributed by atoms with van der Waals surface area (Å²) in [5.41, 5.74) is 0.630. The number of carbonyl (C=O) groups excluding carboxylic acids is 4. The van der Waals surface area contributed by atoms with Crippen molar-refractivity contribution in [1.82, 2.24) is 20.9 Å². The number of nitrogens with one attached hydrogen (secondary N) is 4. The Morgan fingerprint density at radius 1 is 1.05 bits per heavy atom. The number of piperidine rings is 1. The third-order valence-electron chi connectivity index (χ3n) is 6.95. The van der Waals surface area contributed by atoms with Gasteiger partial charge in [-0.25, -0.2) is 4.79 Å². The van der Waals surface area contributed by atoms with E-state index in [4.69, 9.17) is 18.9 Å². The second-order valence-corrected chi connectivity index (χ2v) is 11.6. The van der Waals surface area contributed by atoms with E-state index in [0.29, 0.717) is 62.5 Å². The molecule has 0 spiro atoms. The van der Waals surface area contributed by atoms with Crippen molar-refractivity contribution in [1.29, 1.82) is 0 Å². The Morgan fingerprint density at radius 3 is 2.50 bits per heavy atom. The fourth-order valence-electron chi connectivity index (χ4n) is 4.86. The van der Waals surface area contributed by atoms with Gasteiger partial charge >= 0.3 is 5.97 Å². The third kappa shape index (κ3) is 9.73. The summed E-state index contributed by atoms with van der Waals surface area (Å²) >= 11 is 0. The molecule has 1 fully saturated rings. The summed E-state index contributed by atoms with van der Waals surface area (Å²) in [5.74, 6) is -1.63. The highest BCUT2D eigenvalue weighted by Gasteiger charge is 2.34. The minimum atomic E-state index is -1.03. The van der Waals surface area contributed by atoms with Crippen LogP contribution in [0.2, 0.25) is 0 Å². The van der Waals surface area contributed by atoms with Crippen LogP contribution >= 0.6 is 0 Å². The molecule has 0 saturated carbocycles. The molecule has 3 atom stereocenters. The van der Waals surface area contributed by atoms with Crippen LogP contribution in [0.4, 0.5) is 0 Å². The molecule has 1 aromatic carbocycles. The van der Waals surface area contributed by atoms with Crippen LogP contribution in [0.3, 0.4) is 0 Å². The quantitative estimate of drug-likeness (QED) is 0.182. The maximum absolute atomic E-state index is 13.5. The summed E-state index contributed by atoms with van der Waals surface area (Å²) < 4.78 is 21.2. The monoisotopic (exact) mass is 588 g/mol. The molecule has 3 rings (SSSR count). The zero-order chi connectivity index (χ0) is 30.7. The van der Waals surface area contributed by atoms with E-state index in [1.165, 1.54) is 7.11 Å². The number of ether oxygens (including phenoxy) is 4. The van der Waals surface area contributed by atoms with E-state index < -0.39 is 35.8 Å². The van der Waals surface area contributed by atoms with Crippen molar-refractivity contribution in [2.24, 2.45) is 11.3 Å². The van der Waals surface area contributed by atoms with E-state index in [-0.39, 0.29) is 23.4 Å². The average molecular weight is 589 g/mol.